The van der Waals surface area contributed by atoms with Crippen molar-refractivity contribution in [2.45, 2.75) is 122 Å². The SMILES string of the molecule is [CH2]C(COc1cccc(CCCCCCCCCCCCCCC)c1)C(Cl)CCC. The molecule has 1 nitrogen and oxygen atoms in total. The zero-order valence-electron chi connectivity index (χ0n) is 20.0. The Morgan fingerprint density at radius 1 is 0.800 bits per heavy atom. The van der Waals surface area contributed by atoms with Crippen molar-refractivity contribution in [2.24, 2.45) is 5.92 Å². The Hall–Kier alpha value is -0.690. The number of hydrogen-bond acceptors (Lipinski definition) is 1. The standard InChI is InChI=1S/C28H48ClO/c1-4-6-7-8-9-10-11-12-13-14-15-16-17-20-26-21-18-22-27(23-26)30-24-25(3)28(29)19-5-2/h18,21-23,25,28H,3-17,19-20,24H2,1-2H3. The fourth-order valence-corrected chi connectivity index (χ4v) is 4.25. The number of unbranched alkanes of at least 4 members (excludes halogenated alkanes) is 12. The molecule has 0 amide bonds. The third-order valence-electron chi connectivity index (χ3n) is 6.01. The monoisotopic (exact) mass is 435 g/mol. The molecule has 0 aliphatic heterocycles. The van der Waals surface area contributed by atoms with Crippen LogP contribution < -0.4 is 4.74 Å². The van der Waals surface area contributed by atoms with Crippen molar-refractivity contribution < 1.29 is 4.74 Å². The van der Waals surface area contributed by atoms with Gasteiger partial charge in [0.1, 0.15) is 5.75 Å². The number of halogens is 1. The van der Waals surface area contributed by atoms with Crippen molar-refractivity contribution in [1.82, 2.24) is 0 Å². The van der Waals surface area contributed by atoms with Gasteiger partial charge in [-0.2, -0.15) is 0 Å². The van der Waals surface area contributed by atoms with Crippen LogP contribution in [-0.4, -0.2) is 12.0 Å². The molecule has 2 unspecified atom stereocenters. The number of benzene rings is 1. The van der Waals surface area contributed by atoms with Crippen LogP contribution in [0.5, 0.6) is 5.75 Å². The van der Waals surface area contributed by atoms with E-state index in [1.165, 1.54) is 89.0 Å². The Balaban J connectivity index is 2.04. The van der Waals surface area contributed by atoms with Gasteiger partial charge in [0.05, 0.1) is 6.61 Å². The van der Waals surface area contributed by atoms with Gasteiger partial charge in [-0.05, 0) is 43.9 Å². The summed E-state index contributed by atoms with van der Waals surface area (Å²) in [6, 6.07) is 8.56. The second kappa shape index (κ2) is 19.0. The molecule has 1 rings (SSSR count). The molecule has 173 valence electrons. The van der Waals surface area contributed by atoms with Crippen LogP contribution >= 0.6 is 11.6 Å². The molecule has 0 bridgehead atoms. The summed E-state index contributed by atoms with van der Waals surface area (Å²) in [4.78, 5) is 0. The predicted molar refractivity (Wildman–Crippen MR) is 135 cm³/mol. The van der Waals surface area contributed by atoms with E-state index in [1.807, 2.05) is 6.07 Å². The highest BCUT2D eigenvalue weighted by molar-refractivity contribution is 6.20. The first-order chi connectivity index (χ1) is 14.7. The Morgan fingerprint density at radius 3 is 1.93 bits per heavy atom. The van der Waals surface area contributed by atoms with Crippen molar-refractivity contribution in [3.63, 3.8) is 0 Å². The molecule has 0 aromatic heterocycles. The lowest BCUT2D eigenvalue weighted by molar-refractivity contribution is 0.267. The van der Waals surface area contributed by atoms with Crippen molar-refractivity contribution in [3.05, 3.63) is 36.8 Å². The molecule has 30 heavy (non-hydrogen) atoms. The van der Waals surface area contributed by atoms with Crippen LogP contribution in [-0.2, 0) is 6.42 Å². The van der Waals surface area contributed by atoms with E-state index in [0.29, 0.717) is 6.61 Å². The summed E-state index contributed by atoms with van der Waals surface area (Å²) in [6.45, 7) is 9.19. The van der Waals surface area contributed by atoms with Crippen LogP contribution in [0.1, 0.15) is 116 Å². The summed E-state index contributed by atoms with van der Waals surface area (Å²) in [7, 11) is 0. The van der Waals surface area contributed by atoms with Gasteiger partial charge in [0, 0.05) is 11.3 Å². The third kappa shape index (κ3) is 14.3. The number of alkyl halides is 1. The van der Waals surface area contributed by atoms with E-state index in [1.54, 1.807) is 0 Å². The molecule has 0 saturated heterocycles. The summed E-state index contributed by atoms with van der Waals surface area (Å²) < 4.78 is 5.95. The summed E-state index contributed by atoms with van der Waals surface area (Å²) in [5.74, 6) is 1.09. The molecule has 0 N–H and O–H groups in total. The van der Waals surface area contributed by atoms with Gasteiger partial charge < -0.3 is 4.74 Å². The third-order valence-corrected chi connectivity index (χ3v) is 6.58. The number of hydrogen-bond donors (Lipinski definition) is 0. The fourth-order valence-electron chi connectivity index (χ4n) is 3.96. The highest BCUT2D eigenvalue weighted by atomic mass is 35.5. The quantitative estimate of drug-likeness (QED) is 0.146. The first-order valence-corrected chi connectivity index (χ1v) is 13.3. The molecule has 0 saturated carbocycles. The largest absolute Gasteiger partial charge is 0.493 e. The predicted octanol–water partition coefficient (Wildman–Crippen LogP) is 9.56. The zero-order chi connectivity index (χ0) is 21.9. The van der Waals surface area contributed by atoms with Crippen molar-refractivity contribution in [1.29, 1.82) is 0 Å². The highest BCUT2D eigenvalue weighted by Crippen LogP contribution is 2.20. The molecular formula is C28H48ClO. The summed E-state index contributed by atoms with van der Waals surface area (Å²) in [5.41, 5.74) is 1.38. The average molecular weight is 436 g/mol. The topological polar surface area (TPSA) is 9.23 Å². The van der Waals surface area contributed by atoms with Crippen LogP contribution in [0.3, 0.4) is 0 Å². The van der Waals surface area contributed by atoms with Crippen LogP contribution in [0.15, 0.2) is 24.3 Å². The first-order valence-electron chi connectivity index (χ1n) is 12.9. The Kier molecular flexibility index (Phi) is 17.3. The average Bonchev–Trinajstić information content (AvgIpc) is 2.75. The maximum absolute atomic E-state index is 6.36. The van der Waals surface area contributed by atoms with E-state index in [-0.39, 0.29) is 11.3 Å². The minimum Gasteiger partial charge on any atom is -0.493 e. The van der Waals surface area contributed by atoms with Crippen LogP contribution in [0.25, 0.3) is 0 Å². The van der Waals surface area contributed by atoms with Gasteiger partial charge in [-0.15, -0.1) is 11.6 Å². The Labute approximate surface area is 193 Å². The second-order valence-electron chi connectivity index (χ2n) is 9.02. The fraction of sp³-hybridized carbons (Fsp3) is 0.750. The molecular weight excluding hydrogens is 388 g/mol. The molecule has 0 aliphatic rings. The Morgan fingerprint density at radius 2 is 1.37 bits per heavy atom. The molecule has 0 spiro atoms. The summed E-state index contributed by atoms with van der Waals surface area (Å²) in [6.07, 6.45) is 21.5. The number of aryl methyl sites for hydroxylation is 1. The molecule has 1 radical (unpaired) electrons. The smallest absolute Gasteiger partial charge is 0.119 e. The van der Waals surface area contributed by atoms with Gasteiger partial charge in [-0.3, -0.25) is 0 Å². The van der Waals surface area contributed by atoms with E-state index in [2.05, 4.69) is 39.0 Å². The maximum Gasteiger partial charge on any atom is 0.119 e. The van der Waals surface area contributed by atoms with Crippen LogP contribution in [0.2, 0.25) is 0 Å². The van der Waals surface area contributed by atoms with Crippen LogP contribution in [0.4, 0.5) is 0 Å². The summed E-state index contributed by atoms with van der Waals surface area (Å²) in [5, 5.41) is 0.101. The van der Waals surface area contributed by atoms with Crippen molar-refractivity contribution in [2.75, 3.05) is 6.61 Å². The van der Waals surface area contributed by atoms with E-state index >= 15 is 0 Å². The van der Waals surface area contributed by atoms with Gasteiger partial charge in [0.25, 0.3) is 0 Å². The van der Waals surface area contributed by atoms with Gasteiger partial charge >= 0.3 is 0 Å². The van der Waals surface area contributed by atoms with Gasteiger partial charge in [-0.25, -0.2) is 0 Å². The minimum atomic E-state index is 0.101. The minimum absolute atomic E-state index is 0.101. The molecule has 2 heteroatoms. The van der Waals surface area contributed by atoms with E-state index in [4.69, 9.17) is 16.3 Å². The number of rotatable bonds is 20. The molecule has 2 atom stereocenters. The van der Waals surface area contributed by atoms with Crippen LogP contribution in [0, 0.1) is 12.8 Å². The van der Waals surface area contributed by atoms with E-state index < -0.39 is 0 Å². The van der Waals surface area contributed by atoms with Gasteiger partial charge in [-0.1, -0.05) is 109 Å². The van der Waals surface area contributed by atoms with E-state index in [9.17, 15) is 0 Å². The summed E-state index contributed by atoms with van der Waals surface area (Å²) >= 11 is 6.36. The molecule has 1 aromatic rings. The van der Waals surface area contributed by atoms with Crippen molar-refractivity contribution in [3.8, 4) is 5.75 Å². The lowest BCUT2D eigenvalue weighted by Crippen LogP contribution is -2.19. The zero-order valence-corrected chi connectivity index (χ0v) is 20.7. The maximum atomic E-state index is 6.36. The normalized spacial score (nSPS) is 13.3. The highest BCUT2D eigenvalue weighted by Gasteiger charge is 2.14. The molecule has 0 heterocycles. The lowest BCUT2D eigenvalue weighted by atomic mass is 10.0. The Bertz CT molecular complexity index is 501. The van der Waals surface area contributed by atoms with Gasteiger partial charge in [0.15, 0.2) is 0 Å². The molecule has 1 aromatic carbocycles. The molecule has 0 aliphatic carbocycles. The van der Waals surface area contributed by atoms with E-state index in [0.717, 1.165) is 25.0 Å². The second-order valence-corrected chi connectivity index (χ2v) is 9.58. The van der Waals surface area contributed by atoms with Gasteiger partial charge in [0.2, 0.25) is 0 Å². The number of ether oxygens (including phenoxy) is 1. The first kappa shape index (κ1) is 27.3. The lowest BCUT2D eigenvalue weighted by Gasteiger charge is -2.18. The van der Waals surface area contributed by atoms with Crippen molar-refractivity contribution >= 4 is 11.6 Å². The molecule has 0 fully saturated rings.